The third-order valence-electron chi connectivity index (χ3n) is 1.93. The predicted octanol–water partition coefficient (Wildman–Crippen LogP) is -0.498. The fourth-order valence-corrected chi connectivity index (χ4v) is 0.941. The average molecular weight is 160 g/mol. The fraction of sp³-hybridized carbons (Fsp3) is 1.00. The van der Waals surface area contributed by atoms with Crippen molar-refractivity contribution in [3.8, 4) is 0 Å². The van der Waals surface area contributed by atoms with Gasteiger partial charge in [0.1, 0.15) is 0 Å². The fourth-order valence-electron chi connectivity index (χ4n) is 0.941. The number of nitrogens with zero attached hydrogens (tertiary/aromatic N) is 1. The van der Waals surface area contributed by atoms with Gasteiger partial charge < -0.3 is 15.1 Å². The van der Waals surface area contributed by atoms with E-state index in [9.17, 15) is 0 Å². The number of hydrogen-bond donors (Lipinski definition) is 2. The molecule has 0 aromatic heterocycles. The first kappa shape index (κ1) is 10.9. The van der Waals surface area contributed by atoms with Crippen molar-refractivity contribution < 1.29 is 4.48 Å². The maximum absolute atomic E-state index is 3.16. The van der Waals surface area contributed by atoms with Gasteiger partial charge in [0.2, 0.25) is 0 Å². The molecule has 0 saturated heterocycles. The van der Waals surface area contributed by atoms with Gasteiger partial charge in [-0.1, -0.05) is 0 Å². The van der Waals surface area contributed by atoms with Gasteiger partial charge >= 0.3 is 0 Å². The first-order chi connectivity index (χ1) is 5.12. The van der Waals surface area contributed by atoms with Crippen molar-refractivity contribution in [1.82, 2.24) is 10.6 Å². The molecule has 0 saturated carbocycles. The number of hydrogen-bond acceptors (Lipinski definition) is 2. The van der Waals surface area contributed by atoms with Crippen molar-refractivity contribution in [3.05, 3.63) is 0 Å². The molecule has 3 nitrogen and oxygen atoms in total. The van der Waals surface area contributed by atoms with Crippen LogP contribution in [0.1, 0.15) is 0 Å². The summed E-state index contributed by atoms with van der Waals surface area (Å²) in [5, 5.41) is 6.33. The molecule has 11 heavy (non-hydrogen) atoms. The number of nitrogens with one attached hydrogen (secondary N) is 2. The Kier molecular flexibility index (Phi) is 5.46. The molecule has 0 rings (SSSR count). The second-order valence-electron chi connectivity index (χ2n) is 3.59. The van der Waals surface area contributed by atoms with Gasteiger partial charge in [-0.2, -0.15) is 0 Å². The lowest BCUT2D eigenvalue weighted by Crippen LogP contribution is -2.47. The van der Waals surface area contributed by atoms with Gasteiger partial charge in [0.25, 0.3) is 0 Å². The van der Waals surface area contributed by atoms with E-state index in [2.05, 4.69) is 24.7 Å². The van der Waals surface area contributed by atoms with E-state index in [1.54, 1.807) is 0 Å². The normalized spacial score (nSPS) is 12.0. The topological polar surface area (TPSA) is 24.1 Å². The van der Waals surface area contributed by atoms with Crippen LogP contribution in [0.5, 0.6) is 0 Å². The minimum atomic E-state index is 1.08. The first-order valence-corrected chi connectivity index (χ1v) is 4.23. The van der Waals surface area contributed by atoms with Crippen LogP contribution in [0.25, 0.3) is 0 Å². The van der Waals surface area contributed by atoms with Crippen LogP contribution in [0, 0.1) is 0 Å². The minimum Gasteiger partial charge on any atom is -0.326 e. The zero-order valence-corrected chi connectivity index (χ0v) is 8.28. The summed E-state index contributed by atoms with van der Waals surface area (Å²) < 4.78 is 1.08. The van der Waals surface area contributed by atoms with Crippen molar-refractivity contribution in [2.24, 2.45) is 0 Å². The Morgan fingerprint density at radius 3 is 1.55 bits per heavy atom. The number of quaternary nitrogens is 1. The Balaban J connectivity index is 3.43. The van der Waals surface area contributed by atoms with E-state index in [0.29, 0.717) is 0 Å². The zero-order valence-electron chi connectivity index (χ0n) is 8.28. The molecule has 0 aliphatic rings. The molecule has 0 spiro atoms. The van der Waals surface area contributed by atoms with Gasteiger partial charge in [0.05, 0.1) is 27.2 Å². The molecule has 68 valence electrons. The van der Waals surface area contributed by atoms with E-state index in [0.717, 1.165) is 17.6 Å². The van der Waals surface area contributed by atoms with E-state index in [4.69, 9.17) is 0 Å². The number of rotatable bonds is 6. The monoisotopic (exact) mass is 160 g/mol. The third kappa shape index (κ3) is 6.28. The summed E-state index contributed by atoms with van der Waals surface area (Å²) in [6.07, 6.45) is 0. The van der Waals surface area contributed by atoms with Crippen molar-refractivity contribution in [3.63, 3.8) is 0 Å². The second kappa shape index (κ2) is 5.52. The lowest BCUT2D eigenvalue weighted by atomic mass is 10.4. The van der Waals surface area contributed by atoms with Crippen molar-refractivity contribution in [2.75, 3.05) is 54.4 Å². The minimum absolute atomic E-state index is 1.08. The summed E-state index contributed by atoms with van der Waals surface area (Å²) in [7, 11) is 8.51. The van der Waals surface area contributed by atoms with Gasteiger partial charge in [0, 0.05) is 13.1 Å². The van der Waals surface area contributed by atoms with Gasteiger partial charge in [-0.05, 0) is 14.1 Å². The van der Waals surface area contributed by atoms with Crippen molar-refractivity contribution in [2.45, 2.75) is 0 Å². The van der Waals surface area contributed by atoms with Gasteiger partial charge in [-0.25, -0.2) is 0 Å². The summed E-state index contributed by atoms with van der Waals surface area (Å²) in [6.45, 7) is 4.57. The Hall–Kier alpha value is -0.120. The molecule has 3 heteroatoms. The molecule has 0 radical (unpaired) electrons. The van der Waals surface area contributed by atoms with Gasteiger partial charge in [0.15, 0.2) is 0 Å². The van der Waals surface area contributed by atoms with Crippen LogP contribution in [0.15, 0.2) is 0 Å². The van der Waals surface area contributed by atoms with Crippen molar-refractivity contribution in [1.29, 1.82) is 0 Å². The first-order valence-electron chi connectivity index (χ1n) is 4.23. The van der Waals surface area contributed by atoms with Crippen LogP contribution >= 0.6 is 0 Å². The second-order valence-corrected chi connectivity index (χ2v) is 3.59. The highest BCUT2D eigenvalue weighted by molar-refractivity contribution is 4.41. The lowest BCUT2D eigenvalue weighted by molar-refractivity contribution is -0.887. The molecule has 0 unspecified atom stereocenters. The molecule has 0 amide bonds. The molecule has 0 fully saturated rings. The Morgan fingerprint density at radius 2 is 1.27 bits per heavy atom. The average Bonchev–Trinajstić information content (AvgIpc) is 1.97. The predicted molar refractivity (Wildman–Crippen MR) is 49.7 cm³/mol. The summed E-state index contributed by atoms with van der Waals surface area (Å²) in [5.41, 5.74) is 0. The smallest absolute Gasteiger partial charge is 0.0909 e. The molecule has 0 heterocycles. The summed E-state index contributed by atoms with van der Waals surface area (Å²) in [6, 6.07) is 0. The number of likely N-dealkylation sites (N-methyl/N-ethyl adjacent to an activating group) is 3. The molecule has 0 atom stereocenters. The van der Waals surface area contributed by atoms with Crippen LogP contribution in [0.2, 0.25) is 0 Å². The molecule has 0 aromatic carbocycles. The molecule has 2 N–H and O–H groups in total. The van der Waals surface area contributed by atoms with Crippen LogP contribution < -0.4 is 10.6 Å². The summed E-state index contributed by atoms with van der Waals surface area (Å²) in [4.78, 5) is 0. The Morgan fingerprint density at radius 1 is 0.909 bits per heavy atom. The van der Waals surface area contributed by atoms with E-state index in [1.165, 1.54) is 13.1 Å². The molecule has 0 aliphatic carbocycles. The quantitative estimate of drug-likeness (QED) is 0.512. The van der Waals surface area contributed by atoms with Crippen LogP contribution in [-0.2, 0) is 0 Å². The van der Waals surface area contributed by atoms with E-state index in [1.807, 2.05) is 14.1 Å². The maximum Gasteiger partial charge on any atom is 0.0909 e. The van der Waals surface area contributed by atoms with Crippen molar-refractivity contribution >= 4 is 0 Å². The third-order valence-corrected chi connectivity index (χ3v) is 1.93. The molecule has 0 aliphatic heterocycles. The van der Waals surface area contributed by atoms with Gasteiger partial charge in [-0.3, -0.25) is 0 Å². The molecular formula is C8H22N3+. The zero-order chi connectivity index (χ0) is 8.74. The standard InChI is InChI=1S/C8H22N3/c1-9-5-7-11(3,4)8-6-10-2/h9-10H,5-8H2,1-4H3/q+1. The van der Waals surface area contributed by atoms with E-state index in [-0.39, 0.29) is 0 Å². The molecular weight excluding hydrogens is 138 g/mol. The highest BCUT2D eigenvalue weighted by Crippen LogP contribution is 1.92. The van der Waals surface area contributed by atoms with E-state index < -0.39 is 0 Å². The Labute approximate surface area is 70.4 Å². The maximum atomic E-state index is 3.16. The molecule has 0 aromatic rings. The van der Waals surface area contributed by atoms with Crippen LogP contribution in [0.3, 0.4) is 0 Å². The summed E-state index contributed by atoms with van der Waals surface area (Å²) >= 11 is 0. The lowest BCUT2D eigenvalue weighted by Gasteiger charge is -2.29. The SMILES string of the molecule is CNCC[N+](C)(C)CCNC. The van der Waals surface area contributed by atoms with E-state index >= 15 is 0 Å². The highest BCUT2D eigenvalue weighted by atomic mass is 15.3. The summed E-state index contributed by atoms with van der Waals surface area (Å²) in [5.74, 6) is 0. The highest BCUT2D eigenvalue weighted by Gasteiger charge is 2.11. The van der Waals surface area contributed by atoms with Gasteiger partial charge in [-0.15, -0.1) is 0 Å². The van der Waals surface area contributed by atoms with Crippen LogP contribution in [0.4, 0.5) is 0 Å². The molecule has 0 bridgehead atoms. The Bertz CT molecular complexity index is 81.3. The largest absolute Gasteiger partial charge is 0.326 e. The van der Waals surface area contributed by atoms with Crippen LogP contribution in [-0.4, -0.2) is 58.9 Å².